The van der Waals surface area contributed by atoms with E-state index in [9.17, 15) is 32.3 Å². The van der Waals surface area contributed by atoms with Gasteiger partial charge in [0.05, 0.1) is 22.2 Å². The van der Waals surface area contributed by atoms with Crippen molar-refractivity contribution in [2.75, 3.05) is 16.8 Å². The van der Waals surface area contributed by atoms with E-state index >= 15 is 0 Å². The molecule has 2 aliphatic heterocycles. The van der Waals surface area contributed by atoms with Crippen molar-refractivity contribution in [3.05, 3.63) is 117 Å². The van der Waals surface area contributed by atoms with Crippen LogP contribution in [0.25, 0.3) is 10.8 Å². The molecule has 7 rings (SSSR count). The van der Waals surface area contributed by atoms with Crippen LogP contribution in [0.1, 0.15) is 21.9 Å². The SMILES string of the molecule is O=C(COc1ccc(C2c3sc(=O)[nH]c3SC3C(=O)N(c4ccccc4C(F)(F)F)C(=O)C32)cc1)Nc1cccc2ccccc12. The first-order chi connectivity index (χ1) is 22.1. The van der Waals surface area contributed by atoms with E-state index in [0.717, 1.165) is 46.0 Å². The number of thiazole rings is 1. The Labute approximate surface area is 267 Å². The predicted octanol–water partition coefficient (Wildman–Crippen LogP) is 6.42. The van der Waals surface area contributed by atoms with Crippen LogP contribution in [-0.4, -0.2) is 34.6 Å². The number of nitrogens with one attached hydrogen (secondary N) is 2. The lowest BCUT2D eigenvalue weighted by Crippen LogP contribution is -2.33. The normalized spacial score (nSPS) is 19.2. The minimum atomic E-state index is -4.79. The minimum absolute atomic E-state index is 0.280. The molecule has 8 nitrogen and oxygen atoms in total. The summed E-state index contributed by atoms with van der Waals surface area (Å²) < 4.78 is 47.3. The van der Waals surface area contributed by atoms with Crippen LogP contribution in [0.4, 0.5) is 24.5 Å². The Hall–Kier alpha value is -4.88. The highest BCUT2D eigenvalue weighted by molar-refractivity contribution is 8.00. The number of anilines is 2. The summed E-state index contributed by atoms with van der Waals surface area (Å²) in [6.45, 7) is -0.280. The van der Waals surface area contributed by atoms with Gasteiger partial charge in [0.2, 0.25) is 11.8 Å². The summed E-state index contributed by atoms with van der Waals surface area (Å²) in [5, 5.41) is 4.07. The Bertz CT molecular complexity index is 2070. The fourth-order valence-corrected chi connectivity index (χ4v) is 8.48. The van der Waals surface area contributed by atoms with Crippen LogP contribution in [-0.2, 0) is 20.6 Å². The van der Waals surface area contributed by atoms with Gasteiger partial charge < -0.3 is 15.0 Å². The highest BCUT2D eigenvalue weighted by Crippen LogP contribution is 2.54. The van der Waals surface area contributed by atoms with Gasteiger partial charge in [-0.15, -0.1) is 0 Å². The van der Waals surface area contributed by atoms with E-state index in [1.165, 1.54) is 12.1 Å². The lowest BCUT2D eigenvalue weighted by atomic mass is 9.83. The maximum absolute atomic E-state index is 13.9. The van der Waals surface area contributed by atoms with Crippen molar-refractivity contribution < 1.29 is 32.3 Å². The number of halogens is 3. The van der Waals surface area contributed by atoms with Crippen molar-refractivity contribution in [3.63, 3.8) is 0 Å². The van der Waals surface area contributed by atoms with Crippen molar-refractivity contribution in [1.82, 2.24) is 4.98 Å². The number of rotatable bonds is 6. The molecule has 4 aromatic carbocycles. The number of thioether (sulfide) groups is 1. The molecule has 1 saturated heterocycles. The Morgan fingerprint density at radius 1 is 0.891 bits per heavy atom. The summed E-state index contributed by atoms with van der Waals surface area (Å²) in [6, 6.07) is 24.2. The molecule has 3 heterocycles. The van der Waals surface area contributed by atoms with Gasteiger partial charge in [-0.3, -0.25) is 19.2 Å². The van der Waals surface area contributed by atoms with Crippen LogP contribution < -0.4 is 19.8 Å². The summed E-state index contributed by atoms with van der Waals surface area (Å²) >= 11 is 1.87. The van der Waals surface area contributed by atoms with Gasteiger partial charge in [0.15, 0.2) is 6.61 Å². The van der Waals surface area contributed by atoms with Gasteiger partial charge in [0.25, 0.3) is 5.91 Å². The molecular weight excluding hydrogens is 640 g/mol. The number of hydrogen-bond acceptors (Lipinski definition) is 7. The first-order valence-corrected chi connectivity index (χ1v) is 15.7. The second-order valence-corrected chi connectivity index (χ2v) is 12.9. The molecule has 1 aromatic heterocycles. The van der Waals surface area contributed by atoms with E-state index < -0.39 is 46.3 Å². The molecule has 0 bridgehead atoms. The van der Waals surface area contributed by atoms with Crippen molar-refractivity contribution in [2.45, 2.75) is 22.4 Å². The fraction of sp³-hybridized carbons (Fsp3) is 0.152. The number of imide groups is 1. The summed E-state index contributed by atoms with van der Waals surface area (Å²) in [6.07, 6.45) is -4.79. The average Bonchev–Trinajstić information content (AvgIpc) is 3.54. The van der Waals surface area contributed by atoms with Gasteiger partial charge in [-0.25, -0.2) is 4.90 Å². The molecule has 13 heteroatoms. The minimum Gasteiger partial charge on any atom is -0.484 e. The molecule has 2 aliphatic rings. The number of aromatic nitrogens is 1. The first-order valence-electron chi connectivity index (χ1n) is 14.0. The molecule has 0 radical (unpaired) electrons. The van der Waals surface area contributed by atoms with Crippen LogP contribution >= 0.6 is 23.1 Å². The number of carbonyl (C=O) groups is 3. The van der Waals surface area contributed by atoms with Gasteiger partial charge in [-0.2, -0.15) is 13.2 Å². The first kappa shape index (κ1) is 29.8. The second kappa shape index (κ2) is 11.5. The molecule has 232 valence electrons. The topological polar surface area (TPSA) is 109 Å². The number of H-pyrrole nitrogens is 1. The van der Waals surface area contributed by atoms with E-state index in [0.29, 0.717) is 31.8 Å². The Kier molecular flexibility index (Phi) is 7.44. The molecule has 1 fully saturated rings. The molecule has 0 aliphatic carbocycles. The molecule has 2 N–H and O–H groups in total. The highest BCUT2D eigenvalue weighted by Gasteiger charge is 2.57. The molecule has 0 spiro atoms. The predicted molar refractivity (Wildman–Crippen MR) is 168 cm³/mol. The zero-order valence-corrected chi connectivity index (χ0v) is 25.2. The Morgan fingerprint density at radius 2 is 1.61 bits per heavy atom. The molecular formula is C33H22F3N3O5S2. The lowest BCUT2D eigenvalue weighted by molar-refractivity contribution is -0.137. The largest absolute Gasteiger partial charge is 0.484 e. The maximum atomic E-state index is 13.9. The van der Waals surface area contributed by atoms with Gasteiger partial charge in [0.1, 0.15) is 11.0 Å². The summed E-state index contributed by atoms with van der Waals surface area (Å²) in [5.74, 6) is -3.42. The molecule has 3 unspecified atom stereocenters. The highest BCUT2D eigenvalue weighted by atomic mass is 32.2. The third kappa shape index (κ3) is 5.24. The standard InChI is InChI=1S/C33H22F3N3O5S2/c34-33(35,36)21-9-3-4-11-23(21)39-30(41)26-25(27-29(38-32(43)46-27)45-28(26)31(39)42)18-12-14-19(15-13-18)44-16-24(40)37-22-10-5-7-17-6-1-2-8-20(17)22/h1-15,25-26,28H,16H2,(H,37,40)(H,38,43). The number of alkyl halides is 3. The molecule has 46 heavy (non-hydrogen) atoms. The number of amides is 3. The van der Waals surface area contributed by atoms with E-state index in [4.69, 9.17) is 4.74 Å². The van der Waals surface area contributed by atoms with Crippen LogP contribution in [0.3, 0.4) is 0 Å². The number of carbonyl (C=O) groups excluding carboxylic acids is 3. The van der Waals surface area contributed by atoms with Crippen molar-refractivity contribution in [1.29, 1.82) is 0 Å². The van der Waals surface area contributed by atoms with Crippen molar-refractivity contribution in [2.24, 2.45) is 5.92 Å². The number of para-hydroxylation sites is 1. The summed E-state index contributed by atoms with van der Waals surface area (Å²) in [4.78, 5) is 56.0. The monoisotopic (exact) mass is 661 g/mol. The zero-order valence-electron chi connectivity index (χ0n) is 23.5. The summed E-state index contributed by atoms with van der Waals surface area (Å²) in [5.41, 5.74) is -0.408. The van der Waals surface area contributed by atoms with E-state index in [2.05, 4.69) is 10.3 Å². The quantitative estimate of drug-likeness (QED) is 0.203. The van der Waals surface area contributed by atoms with Gasteiger partial charge in [0, 0.05) is 21.9 Å². The molecule has 3 amide bonds. The number of hydrogen-bond donors (Lipinski definition) is 2. The smallest absolute Gasteiger partial charge is 0.418 e. The van der Waals surface area contributed by atoms with Gasteiger partial charge in [-0.1, -0.05) is 83.8 Å². The average molecular weight is 662 g/mol. The number of ether oxygens (including phenoxy) is 1. The third-order valence-corrected chi connectivity index (χ3v) is 10.3. The Balaban J connectivity index is 1.14. The van der Waals surface area contributed by atoms with Crippen molar-refractivity contribution in [3.8, 4) is 5.75 Å². The van der Waals surface area contributed by atoms with Crippen LogP contribution in [0.15, 0.2) is 101 Å². The van der Waals surface area contributed by atoms with Gasteiger partial charge in [-0.05, 0) is 41.3 Å². The van der Waals surface area contributed by atoms with E-state index in [-0.39, 0.29) is 17.4 Å². The Morgan fingerprint density at radius 3 is 2.39 bits per heavy atom. The second-order valence-electron chi connectivity index (χ2n) is 10.7. The van der Waals surface area contributed by atoms with Crippen LogP contribution in [0.2, 0.25) is 0 Å². The fourth-order valence-electron chi connectivity index (χ4n) is 5.96. The molecule has 5 aromatic rings. The number of benzene rings is 4. The number of aromatic amines is 1. The van der Waals surface area contributed by atoms with Crippen LogP contribution in [0, 0.1) is 5.92 Å². The lowest BCUT2D eigenvalue weighted by Gasteiger charge is -2.29. The maximum Gasteiger partial charge on any atom is 0.418 e. The molecule has 0 saturated carbocycles. The van der Waals surface area contributed by atoms with Crippen molar-refractivity contribution >= 4 is 63.0 Å². The number of nitrogens with zero attached hydrogens (tertiary/aromatic N) is 1. The number of fused-ring (bicyclic) bond motifs is 3. The van der Waals surface area contributed by atoms with E-state index in [1.54, 1.807) is 30.3 Å². The summed E-state index contributed by atoms with van der Waals surface area (Å²) in [7, 11) is 0. The van der Waals surface area contributed by atoms with E-state index in [1.807, 2.05) is 36.4 Å². The van der Waals surface area contributed by atoms with Crippen LogP contribution in [0.5, 0.6) is 5.75 Å². The van der Waals surface area contributed by atoms with Gasteiger partial charge >= 0.3 is 11.0 Å². The molecule has 3 atom stereocenters. The zero-order chi connectivity index (χ0) is 32.2. The third-order valence-electron chi connectivity index (χ3n) is 7.95.